The first-order valence-corrected chi connectivity index (χ1v) is 3.73. The SMILES string of the molecule is CCC(C)NC(C)(C)C.[SiH4]. The highest BCUT2D eigenvalue weighted by Crippen LogP contribution is 2.02. The van der Waals surface area contributed by atoms with Crippen LogP contribution in [-0.4, -0.2) is 22.5 Å². The monoisotopic (exact) mass is 161 g/mol. The third-order valence-electron chi connectivity index (χ3n) is 1.29. The molecule has 2 heteroatoms. The molecule has 0 aromatic rings. The summed E-state index contributed by atoms with van der Waals surface area (Å²) in [6, 6.07) is 0.644. The Morgan fingerprint density at radius 1 is 1.30 bits per heavy atom. The molecule has 0 aliphatic rings. The fourth-order valence-electron chi connectivity index (χ4n) is 0.841. The van der Waals surface area contributed by atoms with E-state index in [-0.39, 0.29) is 16.5 Å². The predicted octanol–water partition coefficient (Wildman–Crippen LogP) is 0.721. The summed E-state index contributed by atoms with van der Waals surface area (Å²) in [5.41, 5.74) is 0.273. The fourth-order valence-corrected chi connectivity index (χ4v) is 0.841. The lowest BCUT2D eigenvalue weighted by Crippen LogP contribution is -2.41. The molecular formula is C8H23NSi. The van der Waals surface area contributed by atoms with Crippen molar-refractivity contribution in [1.29, 1.82) is 0 Å². The molecule has 0 heterocycles. The molecule has 0 fully saturated rings. The molecule has 1 nitrogen and oxygen atoms in total. The summed E-state index contributed by atoms with van der Waals surface area (Å²) in [5, 5.41) is 3.47. The smallest absolute Gasteiger partial charge is 0.00989 e. The van der Waals surface area contributed by atoms with Crippen LogP contribution in [0.5, 0.6) is 0 Å². The summed E-state index contributed by atoms with van der Waals surface area (Å²) in [4.78, 5) is 0. The first kappa shape index (κ1) is 12.8. The highest BCUT2D eigenvalue weighted by molar-refractivity contribution is 5.75. The predicted molar refractivity (Wildman–Crippen MR) is 54.0 cm³/mol. The Bertz CT molecular complexity index is 75.8. The topological polar surface area (TPSA) is 12.0 Å². The van der Waals surface area contributed by atoms with Gasteiger partial charge in [-0.05, 0) is 45.1 Å². The van der Waals surface area contributed by atoms with Crippen molar-refractivity contribution >= 4 is 11.0 Å². The van der Waals surface area contributed by atoms with Crippen LogP contribution in [0.1, 0.15) is 41.0 Å². The summed E-state index contributed by atoms with van der Waals surface area (Å²) in [6.07, 6.45) is 1.21. The van der Waals surface area contributed by atoms with E-state index in [1.807, 2.05) is 0 Å². The van der Waals surface area contributed by atoms with E-state index in [2.05, 4.69) is 39.9 Å². The minimum Gasteiger partial charge on any atom is -0.310 e. The maximum absolute atomic E-state index is 3.47. The van der Waals surface area contributed by atoms with Crippen molar-refractivity contribution in [3.05, 3.63) is 0 Å². The second-order valence-corrected chi connectivity index (χ2v) is 3.70. The van der Waals surface area contributed by atoms with Crippen molar-refractivity contribution in [3.8, 4) is 0 Å². The molecule has 10 heavy (non-hydrogen) atoms. The van der Waals surface area contributed by atoms with Gasteiger partial charge in [-0.25, -0.2) is 0 Å². The van der Waals surface area contributed by atoms with E-state index in [4.69, 9.17) is 0 Å². The van der Waals surface area contributed by atoms with Crippen molar-refractivity contribution in [2.45, 2.75) is 52.6 Å². The van der Waals surface area contributed by atoms with Gasteiger partial charge in [0.25, 0.3) is 0 Å². The molecule has 0 aliphatic carbocycles. The Kier molecular flexibility index (Phi) is 6.30. The number of hydrogen-bond acceptors (Lipinski definition) is 1. The number of nitrogens with one attached hydrogen (secondary N) is 1. The van der Waals surface area contributed by atoms with Gasteiger partial charge in [0.15, 0.2) is 0 Å². The van der Waals surface area contributed by atoms with Crippen molar-refractivity contribution < 1.29 is 0 Å². The average molecular weight is 161 g/mol. The summed E-state index contributed by atoms with van der Waals surface area (Å²) in [6.45, 7) is 11.0. The van der Waals surface area contributed by atoms with Crippen molar-refractivity contribution in [3.63, 3.8) is 0 Å². The number of rotatable bonds is 2. The van der Waals surface area contributed by atoms with Gasteiger partial charge in [0, 0.05) is 11.6 Å². The molecule has 0 aromatic heterocycles. The van der Waals surface area contributed by atoms with Crippen molar-refractivity contribution in [2.24, 2.45) is 0 Å². The van der Waals surface area contributed by atoms with Crippen LogP contribution in [-0.2, 0) is 0 Å². The zero-order valence-corrected chi connectivity index (χ0v) is 7.28. The molecule has 0 amide bonds. The normalized spacial score (nSPS) is 14.1. The maximum atomic E-state index is 3.47. The molecule has 0 aromatic carbocycles. The van der Waals surface area contributed by atoms with Crippen LogP contribution in [0.15, 0.2) is 0 Å². The van der Waals surface area contributed by atoms with E-state index in [1.54, 1.807) is 0 Å². The molecule has 1 atom stereocenters. The van der Waals surface area contributed by atoms with Gasteiger partial charge >= 0.3 is 0 Å². The molecule has 0 saturated carbocycles. The van der Waals surface area contributed by atoms with Crippen LogP contribution in [0, 0.1) is 0 Å². The van der Waals surface area contributed by atoms with Gasteiger partial charge in [-0.2, -0.15) is 0 Å². The van der Waals surface area contributed by atoms with E-state index >= 15 is 0 Å². The zero-order chi connectivity index (χ0) is 7.49. The highest BCUT2D eigenvalue weighted by Gasteiger charge is 2.10. The van der Waals surface area contributed by atoms with Crippen LogP contribution >= 0.6 is 0 Å². The van der Waals surface area contributed by atoms with E-state index in [9.17, 15) is 0 Å². The van der Waals surface area contributed by atoms with Gasteiger partial charge in [-0.1, -0.05) is 6.92 Å². The van der Waals surface area contributed by atoms with Crippen LogP contribution < -0.4 is 5.32 Å². The number of hydrogen-bond donors (Lipinski definition) is 1. The van der Waals surface area contributed by atoms with Crippen molar-refractivity contribution in [2.75, 3.05) is 0 Å². The van der Waals surface area contributed by atoms with Gasteiger partial charge in [-0.3, -0.25) is 0 Å². The van der Waals surface area contributed by atoms with Gasteiger partial charge in [0.2, 0.25) is 0 Å². The largest absolute Gasteiger partial charge is 0.310 e. The Hall–Kier alpha value is 0.177. The van der Waals surface area contributed by atoms with E-state index in [1.165, 1.54) is 6.42 Å². The lowest BCUT2D eigenvalue weighted by Gasteiger charge is -2.25. The first-order chi connectivity index (χ1) is 3.95. The third kappa shape index (κ3) is 8.18. The average Bonchev–Trinajstić information content (AvgIpc) is 1.62. The minimum atomic E-state index is 0. The van der Waals surface area contributed by atoms with Gasteiger partial charge in [0.1, 0.15) is 0 Å². The van der Waals surface area contributed by atoms with Crippen LogP contribution in [0.25, 0.3) is 0 Å². The van der Waals surface area contributed by atoms with Gasteiger partial charge in [-0.15, -0.1) is 0 Å². The lowest BCUT2D eigenvalue weighted by molar-refractivity contribution is 0.367. The Labute approximate surface area is 69.6 Å². The van der Waals surface area contributed by atoms with Crippen LogP contribution in [0.3, 0.4) is 0 Å². The van der Waals surface area contributed by atoms with Crippen molar-refractivity contribution in [1.82, 2.24) is 5.32 Å². The molecular weight excluding hydrogens is 138 g/mol. The highest BCUT2D eigenvalue weighted by atomic mass is 28.1. The van der Waals surface area contributed by atoms with E-state index < -0.39 is 0 Å². The third-order valence-corrected chi connectivity index (χ3v) is 1.29. The quantitative estimate of drug-likeness (QED) is 0.589. The molecule has 1 N–H and O–H groups in total. The second kappa shape index (κ2) is 4.91. The van der Waals surface area contributed by atoms with E-state index in [0.717, 1.165) is 0 Å². The van der Waals surface area contributed by atoms with E-state index in [0.29, 0.717) is 6.04 Å². The Morgan fingerprint density at radius 3 is 1.80 bits per heavy atom. The summed E-state index contributed by atoms with van der Waals surface area (Å²) >= 11 is 0. The Balaban J connectivity index is 0. The minimum absolute atomic E-state index is 0. The molecule has 0 radical (unpaired) electrons. The first-order valence-electron chi connectivity index (χ1n) is 3.73. The molecule has 0 rings (SSSR count). The maximum Gasteiger partial charge on any atom is 0.00989 e. The molecule has 0 saturated heterocycles. The summed E-state index contributed by atoms with van der Waals surface area (Å²) < 4.78 is 0. The standard InChI is InChI=1S/C8H19N.H4Si/c1-6-7(2)9-8(3,4)5;/h7,9H,6H2,1-5H3;1H4. The molecule has 1 unspecified atom stereocenters. The van der Waals surface area contributed by atoms with Gasteiger partial charge in [0.05, 0.1) is 0 Å². The van der Waals surface area contributed by atoms with Gasteiger partial charge < -0.3 is 5.32 Å². The summed E-state index contributed by atoms with van der Waals surface area (Å²) in [5.74, 6) is 0. The van der Waals surface area contributed by atoms with Crippen LogP contribution in [0.2, 0.25) is 0 Å². The van der Waals surface area contributed by atoms with Crippen LogP contribution in [0.4, 0.5) is 0 Å². The fraction of sp³-hybridized carbons (Fsp3) is 1.00. The molecule has 0 aliphatic heterocycles. The summed E-state index contributed by atoms with van der Waals surface area (Å²) in [7, 11) is 0. The zero-order valence-electron chi connectivity index (χ0n) is 7.28. The molecule has 0 bridgehead atoms. The molecule has 64 valence electrons. The molecule has 0 spiro atoms. The Morgan fingerprint density at radius 2 is 1.70 bits per heavy atom. The lowest BCUT2D eigenvalue weighted by atomic mass is 10.1. The second-order valence-electron chi connectivity index (χ2n) is 3.70.